The van der Waals surface area contributed by atoms with Crippen LogP contribution < -0.4 is 4.74 Å². The van der Waals surface area contributed by atoms with Crippen molar-refractivity contribution < 1.29 is 13.9 Å². The number of hydrogen-bond acceptors (Lipinski definition) is 5. The van der Waals surface area contributed by atoms with Crippen LogP contribution in [0.1, 0.15) is 28.7 Å². The molecule has 0 aliphatic carbocycles. The second kappa shape index (κ2) is 8.14. The van der Waals surface area contributed by atoms with Gasteiger partial charge in [-0.3, -0.25) is 9.89 Å². The first kappa shape index (κ1) is 18.1. The van der Waals surface area contributed by atoms with Gasteiger partial charge in [0.2, 0.25) is 5.16 Å². The molecule has 0 saturated carbocycles. The van der Waals surface area contributed by atoms with E-state index in [4.69, 9.17) is 4.74 Å². The monoisotopic (exact) mass is 371 g/mol. The number of aromatic nitrogens is 3. The lowest BCUT2D eigenvalue weighted by Gasteiger charge is -2.07. The molecule has 5 nitrogen and oxygen atoms in total. The Hall–Kier alpha value is -2.67. The van der Waals surface area contributed by atoms with E-state index in [1.54, 1.807) is 6.92 Å². The number of carbonyl (C=O) groups is 1. The van der Waals surface area contributed by atoms with Crippen LogP contribution in [-0.4, -0.2) is 26.2 Å². The number of aromatic amines is 1. The molecule has 0 aliphatic rings. The van der Waals surface area contributed by atoms with Crippen LogP contribution in [0, 0.1) is 12.7 Å². The molecule has 0 aliphatic heterocycles. The van der Waals surface area contributed by atoms with Gasteiger partial charge in [-0.25, -0.2) is 9.37 Å². The van der Waals surface area contributed by atoms with Crippen molar-refractivity contribution in [3.05, 3.63) is 71.3 Å². The smallest absolute Gasteiger partial charge is 0.209 e. The number of rotatable bonds is 7. The first-order valence-corrected chi connectivity index (χ1v) is 8.97. The lowest BCUT2D eigenvalue weighted by Crippen LogP contribution is -2.13. The molecule has 0 bridgehead atoms. The van der Waals surface area contributed by atoms with Gasteiger partial charge in [-0.2, -0.15) is 0 Å². The molecule has 1 N–H and O–H groups in total. The lowest BCUT2D eigenvalue weighted by molar-refractivity contribution is 0.0994. The van der Waals surface area contributed by atoms with Gasteiger partial charge in [-0.05, 0) is 49.7 Å². The third-order valence-corrected chi connectivity index (χ3v) is 4.71. The van der Waals surface area contributed by atoms with Crippen molar-refractivity contribution in [2.45, 2.75) is 30.9 Å². The third kappa shape index (κ3) is 4.49. The number of ether oxygens (including phenoxy) is 1. The molecule has 3 aromatic rings. The molecule has 26 heavy (non-hydrogen) atoms. The Balaban J connectivity index is 1.58. The average molecular weight is 371 g/mol. The Morgan fingerprint density at radius 3 is 2.69 bits per heavy atom. The summed E-state index contributed by atoms with van der Waals surface area (Å²) in [6.45, 7) is 4.01. The Bertz CT molecular complexity index is 896. The van der Waals surface area contributed by atoms with Crippen molar-refractivity contribution in [1.29, 1.82) is 0 Å². The predicted octanol–water partition coefficient (Wildman–Crippen LogP) is 4.19. The molecular weight excluding hydrogens is 353 g/mol. The Morgan fingerprint density at radius 2 is 1.96 bits per heavy atom. The van der Waals surface area contributed by atoms with Crippen LogP contribution in [0.3, 0.4) is 0 Å². The van der Waals surface area contributed by atoms with Crippen molar-refractivity contribution in [1.82, 2.24) is 15.2 Å². The second-order valence-corrected chi connectivity index (χ2v) is 7.06. The largest absolute Gasteiger partial charge is 0.485 e. The minimum atomic E-state index is -0.388. The summed E-state index contributed by atoms with van der Waals surface area (Å²) < 4.78 is 18.7. The van der Waals surface area contributed by atoms with E-state index >= 15 is 0 Å². The second-order valence-electron chi connectivity index (χ2n) is 5.75. The Morgan fingerprint density at radius 1 is 1.23 bits per heavy atom. The van der Waals surface area contributed by atoms with Gasteiger partial charge in [-0.15, -0.1) is 5.10 Å². The van der Waals surface area contributed by atoms with Crippen LogP contribution >= 0.6 is 11.8 Å². The SMILES string of the molecule is Cc1ccccc1OCc1nc(S[C@@H](C)C(=O)c2ccc(F)cc2)n[nH]1. The van der Waals surface area contributed by atoms with E-state index in [1.807, 2.05) is 31.2 Å². The highest BCUT2D eigenvalue weighted by Crippen LogP contribution is 2.23. The highest BCUT2D eigenvalue weighted by Gasteiger charge is 2.19. The number of hydrogen-bond donors (Lipinski definition) is 1. The standard InChI is InChI=1S/C19H18FN3O2S/c1-12-5-3-4-6-16(12)25-11-17-21-19(23-22-17)26-13(2)18(24)14-7-9-15(20)10-8-14/h3-10,13H,11H2,1-2H3,(H,21,22,23)/t13-/m0/s1. The van der Waals surface area contributed by atoms with Gasteiger partial charge in [0.05, 0.1) is 5.25 Å². The summed E-state index contributed by atoms with van der Waals surface area (Å²) in [5.74, 6) is 0.904. The zero-order valence-corrected chi connectivity index (χ0v) is 15.2. The van der Waals surface area contributed by atoms with Crippen molar-refractivity contribution >= 4 is 17.5 Å². The number of nitrogens with one attached hydrogen (secondary N) is 1. The third-order valence-electron chi connectivity index (χ3n) is 3.75. The molecule has 2 aromatic carbocycles. The summed E-state index contributed by atoms with van der Waals surface area (Å²) >= 11 is 1.24. The van der Waals surface area contributed by atoms with Gasteiger partial charge >= 0.3 is 0 Å². The average Bonchev–Trinajstić information content (AvgIpc) is 3.08. The molecule has 134 valence electrons. The Labute approximate surface area is 155 Å². The van der Waals surface area contributed by atoms with E-state index in [1.165, 1.54) is 36.0 Å². The maximum atomic E-state index is 13.0. The summed E-state index contributed by atoms with van der Waals surface area (Å²) in [5.41, 5.74) is 1.50. The maximum Gasteiger partial charge on any atom is 0.209 e. The lowest BCUT2D eigenvalue weighted by atomic mass is 10.1. The molecule has 3 rings (SSSR count). The first-order chi connectivity index (χ1) is 12.5. The zero-order valence-electron chi connectivity index (χ0n) is 14.4. The number of aryl methyl sites for hydroxylation is 1. The fourth-order valence-electron chi connectivity index (χ4n) is 2.32. The molecule has 7 heteroatoms. The van der Waals surface area contributed by atoms with Crippen molar-refractivity contribution in [2.75, 3.05) is 0 Å². The molecular formula is C19H18FN3O2S. The van der Waals surface area contributed by atoms with Gasteiger partial charge < -0.3 is 4.74 Å². The first-order valence-electron chi connectivity index (χ1n) is 8.09. The van der Waals surface area contributed by atoms with Gasteiger partial charge in [0.25, 0.3) is 0 Å². The minimum absolute atomic E-state index is 0.0995. The van der Waals surface area contributed by atoms with Gasteiger partial charge in [0.15, 0.2) is 11.6 Å². The van der Waals surface area contributed by atoms with E-state index in [9.17, 15) is 9.18 Å². The molecule has 0 amide bonds. The van der Waals surface area contributed by atoms with Crippen LogP contribution in [0.15, 0.2) is 53.7 Å². The minimum Gasteiger partial charge on any atom is -0.485 e. The molecule has 0 fully saturated rings. The zero-order chi connectivity index (χ0) is 18.5. The van der Waals surface area contributed by atoms with Crippen molar-refractivity contribution in [3.63, 3.8) is 0 Å². The molecule has 0 saturated heterocycles. The number of benzene rings is 2. The van der Waals surface area contributed by atoms with Gasteiger partial charge in [-0.1, -0.05) is 30.0 Å². The summed E-state index contributed by atoms with van der Waals surface area (Å²) in [5, 5.41) is 7.02. The molecule has 1 aromatic heterocycles. The Kier molecular flexibility index (Phi) is 5.68. The number of ketones is 1. The normalized spacial score (nSPS) is 12.0. The van der Waals surface area contributed by atoms with E-state index < -0.39 is 0 Å². The predicted molar refractivity (Wildman–Crippen MR) is 97.9 cm³/mol. The highest BCUT2D eigenvalue weighted by molar-refractivity contribution is 8.00. The molecule has 0 radical (unpaired) electrons. The van der Waals surface area contributed by atoms with E-state index in [-0.39, 0.29) is 23.5 Å². The quantitative estimate of drug-likeness (QED) is 0.498. The number of Topliss-reactive ketones (excluding diaryl/α,β-unsaturated/α-hetero) is 1. The maximum absolute atomic E-state index is 13.0. The topological polar surface area (TPSA) is 67.9 Å². The summed E-state index contributed by atoms with van der Waals surface area (Å²) in [6.07, 6.45) is 0. The van der Waals surface area contributed by atoms with Crippen LogP contribution in [0.25, 0.3) is 0 Å². The van der Waals surface area contributed by atoms with Gasteiger partial charge in [0, 0.05) is 5.56 Å². The molecule has 0 spiro atoms. The number of thioether (sulfide) groups is 1. The number of para-hydroxylation sites is 1. The number of carbonyl (C=O) groups excluding carboxylic acids is 1. The molecule has 1 atom stereocenters. The molecule has 1 heterocycles. The van der Waals surface area contributed by atoms with Crippen LogP contribution in [0.2, 0.25) is 0 Å². The van der Waals surface area contributed by atoms with Crippen LogP contribution in [0.4, 0.5) is 4.39 Å². The summed E-state index contributed by atoms with van der Waals surface area (Å²) in [7, 11) is 0. The molecule has 0 unspecified atom stereocenters. The van der Waals surface area contributed by atoms with Crippen LogP contribution in [0.5, 0.6) is 5.75 Å². The number of H-pyrrole nitrogens is 1. The fraction of sp³-hybridized carbons (Fsp3) is 0.211. The van der Waals surface area contributed by atoms with E-state index in [2.05, 4.69) is 15.2 Å². The number of halogens is 1. The van der Waals surface area contributed by atoms with Crippen LogP contribution in [-0.2, 0) is 6.61 Å². The van der Waals surface area contributed by atoms with E-state index in [0.29, 0.717) is 16.5 Å². The fourth-order valence-corrected chi connectivity index (χ4v) is 3.14. The van der Waals surface area contributed by atoms with E-state index in [0.717, 1.165) is 11.3 Å². The van der Waals surface area contributed by atoms with Gasteiger partial charge in [0.1, 0.15) is 18.2 Å². The van der Waals surface area contributed by atoms with Crippen molar-refractivity contribution in [3.8, 4) is 5.75 Å². The highest BCUT2D eigenvalue weighted by atomic mass is 32.2. The number of nitrogens with zero attached hydrogens (tertiary/aromatic N) is 2. The summed E-state index contributed by atoms with van der Waals surface area (Å²) in [4.78, 5) is 16.7. The summed E-state index contributed by atoms with van der Waals surface area (Å²) in [6, 6.07) is 13.2. The van der Waals surface area contributed by atoms with Crippen molar-refractivity contribution in [2.24, 2.45) is 0 Å².